The van der Waals surface area contributed by atoms with E-state index in [9.17, 15) is 9.59 Å². The molecule has 31 heavy (non-hydrogen) atoms. The second-order valence-corrected chi connectivity index (χ2v) is 9.59. The van der Waals surface area contributed by atoms with Gasteiger partial charge >= 0.3 is 0 Å². The number of nitrogens with zero attached hydrogens (tertiary/aromatic N) is 1. The fraction of sp³-hybridized carbons (Fsp3) is 0.320. The number of anilines is 1. The van der Waals surface area contributed by atoms with E-state index in [4.69, 9.17) is 11.6 Å². The summed E-state index contributed by atoms with van der Waals surface area (Å²) < 4.78 is 0. The van der Waals surface area contributed by atoms with Crippen LogP contribution in [0.1, 0.15) is 50.7 Å². The Kier molecular flexibility index (Phi) is 5.48. The van der Waals surface area contributed by atoms with Crippen LogP contribution in [-0.2, 0) is 9.59 Å². The van der Waals surface area contributed by atoms with E-state index in [1.165, 1.54) is 0 Å². The minimum atomic E-state index is -0.457. The van der Waals surface area contributed by atoms with E-state index < -0.39 is 5.92 Å². The highest BCUT2D eigenvalue weighted by Crippen LogP contribution is 2.46. The van der Waals surface area contributed by atoms with Crippen LogP contribution in [0.15, 0.2) is 65.1 Å². The molecule has 2 aromatic rings. The summed E-state index contributed by atoms with van der Waals surface area (Å²) in [6.07, 6.45) is 2.87. The minimum absolute atomic E-state index is 0.0742. The number of rotatable bonds is 3. The van der Waals surface area contributed by atoms with Gasteiger partial charge in [0.2, 0.25) is 0 Å². The maximum atomic E-state index is 13.4. The molecule has 4 rings (SSSR count). The predicted molar refractivity (Wildman–Crippen MR) is 123 cm³/mol. The van der Waals surface area contributed by atoms with E-state index in [-0.39, 0.29) is 17.1 Å². The van der Waals surface area contributed by atoms with Crippen LogP contribution in [-0.4, -0.2) is 16.7 Å². The first kappa shape index (κ1) is 21.3. The summed E-state index contributed by atoms with van der Waals surface area (Å²) >= 11 is 6.11. The molecule has 0 spiro atoms. The zero-order chi connectivity index (χ0) is 22.3. The monoisotopic (exact) mass is 435 g/mol. The Morgan fingerprint density at radius 1 is 1.16 bits per heavy atom. The van der Waals surface area contributed by atoms with Crippen molar-refractivity contribution in [3.8, 4) is 0 Å². The summed E-state index contributed by atoms with van der Waals surface area (Å²) in [5.41, 5.74) is 4.60. The van der Waals surface area contributed by atoms with Gasteiger partial charge in [0.1, 0.15) is 5.82 Å². The summed E-state index contributed by atoms with van der Waals surface area (Å²) in [6, 6.07) is 11.1. The molecule has 2 heterocycles. The van der Waals surface area contributed by atoms with Crippen LogP contribution in [0.2, 0.25) is 5.02 Å². The number of carbonyl (C=O) groups excluding carboxylic acids is 2. The number of allylic oxidation sites excluding steroid dienone is 3. The Morgan fingerprint density at radius 3 is 2.55 bits per heavy atom. The molecule has 0 bridgehead atoms. The Morgan fingerprint density at radius 2 is 1.87 bits per heavy atom. The van der Waals surface area contributed by atoms with Gasteiger partial charge in [-0.2, -0.15) is 0 Å². The smallest absolute Gasteiger partial charge is 0.255 e. The Balaban J connectivity index is 1.80. The number of nitrogens with one attached hydrogen (secondary N) is 2. The molecule has 1 aliphatic heterocycles. The molecule has 1 atom stereocenters. The van der Waals surface area contributed by atoms with Crippen molar-refractivity contribution in [3.05, 3.63) is 81.3 Å². The number of ketones is 1. The van der Waals surface area contributed by atoms with Crippen molar-refractivity contribution in [1.82, 2.24) is 10.3 Å². The number of carbonyl (C=O) groups is 2. The maximum Gasteiger partial charge on any atom is 0.255 e. The van der Waals surface area contributed by atoms with Gasteiger partial charge in [0.15, 0.2) is 5.78 Å². The molecule has 5 nitrogen and oxygen atoms in total. The lowest BCUT2D eigenvalue weighted by molar-refractivity contribution is -0.118. The number of hydrogen-bond donors (Lipinski definition) is 2. The van der Waals surface area contributed by atoms with Crippen molar-refractivity contribution in [2.75, 3.05) is 5.32 Å². The molecule has 1 amide bonds. The Hall–Kier alpha value is -2.92. The molecule has 160 valence electrons. The molecule has 0 fully saturated rings. The van der Waals surface area contributed by atoms with E-state index in [1.54, 1.807) is 18.3 Å². The molecule has 0 radical (unpaired) electrons. The standard InChI is InChI=1S/C25H26ClN3O2/c1-14-9-10-27-20(11-14)29-24(31)21-15(2)28-18-12-25(3,4)13-19(30)23(18)22(21)16-5-7-17(26)8-6-16/h5-11,22,28H,12-13H2,1-4H3,(H,27,29,31)/t22-/m1/s1. The lowest BCUT2D eigenvalue weighted by atomic mass is 9.68. The lowest BCUT2D eigenvalue weighted by Gasteiger charge is -2.39. The van der Waals surface area contributed by atoms with Gasteiger partial charge in [-0.1, -0.05) is 37.6 Å². The second-order valence-electron chi connectivity index (χ2n) is 9.15. The molecule has 0 unspecified atom stereocenters. The normalized spacial score (nSPS) is 20.3. The average molecular weight is 436 g/mol. The highest BCUT2D eigenvalue weighted by atomic mass is 35.5. The highest BCUT2D eigenvalue weighted by Gasteiger charge is 2.42. The maximum absolute atomic E-state index is 13.4. The largest absolute Gasteiger partial charge is 0.362 e. The van der Waals surface area contributed by atoms with E-state index in [1.807, 2.05) is 38.1 Å². The van der Waals surface area contributed by atoms with Crippen LogP contribution in [0.5, 0.6) is 0 Å². The van der Waals surface area contributed by atoms with Gasteiger partial charge in [-0.25, -0.2) is 4.98 Å². The van der Waals surface area contributed by atoms with Gasteiger partial charge < -0.3 is 10.6 Å². The van der Waals surface area contributed by atoms with Gasteiger partial charge in [0, 0.05) is 46.1 Å². The molecular weight excluding hydrogens is 410 g/mol. The number of dihydropyridines is 1. The molecular formula is C25H26ClN3O2. The lowest BCUT2D eigenvalue weighted by Crippen LogP contribution is -2.39. The summed E-state index contributed by atoms with van der Waals surface area (Å²) in [7, 11) is 0. The van der Waals surface area contributed by atoms with Gasteiger partial charge in [-0.3, -0.25) is 9.59 Å². The van der Waals surface area contributed by atoms with Crippen molar-refractivity contribution in [3.63, 3.8) is 0 Å². The van der Waals surface area contributed by atoms with Crippen molar-refractivity contribution in [2.24, 2.45) is 5.41 Å². The summed E-state index contributed by atoms with van der Waals surface area (Å²) in [5, 5.41) is 6.90. The molecule has 6 heteroatoms. The topological polar surface area (TPSA) is 71.1 Å². The number of pyridine rings is 1. The van der Waals surface area contributed by atoms with Gasteiger partial charge in [0.25, 0.3) is 5.91 Å². The third-order valence-electron chi connectivity index (χ3n) is 5.84. The third-order valence-corrected chi connectivity index (χ3v) is 6.10. The first-order valence-electron chi connectivity index (χ1n) is 10.4. The molecule has 0 saturated heterocycles. The van der Waals surface area contributed by atoms with E-state index in [2.05, 4.69) is 29.5 Å². The Bertz CT molecular complexity index is 1130. The van der Waals surface area contributed by atoms with Gasteiger partial charge in [-0.15, -0.1) is 0 Å². The minimum Gasteiger partial charge on any atom is -0.362 e. The fourth-order valence-corrected chi connectivity index (χ4v) is 4.64. The van der Waals surface area contributed by atoms with Crippen LogP contribution >= 0.6 is 11.6 Å². The van der Waals surface area contributed by atoms with Crippen molar-refractivity contribution in [2.45, 2.75) is 46.5 Å². The quantitative estimate of drug-likeness (QED) is 0.687. The first-order valence-corrected chi connectivity index (χ1v) is 10.8. The van der Waals surface area contributed by atoms with Crippen molar-refractivity contribution < 1.29 is 9.59 Å². The zero-order valence-corrected chi connectivity index (χ0v) is 18.9. The van der Waals surface area contributed by atoms with Gasteiger partial charge in [0.05, 0.1) is 0 Å². The zero-order valence-electron chi connectivity index (χ0n) is 18.2. The molecule has 2 N–H and O–H groups in total. The van der Waals surface area contributed by atoms with E-state index in [0.29, 0.717) is 28.4 Å². The first-order chi connectivity index (χ1) is 14.6. The van der Waals surface area contributed by atoms with Gasteiger partial charge in [-0.05, 0) is 61.1 Å². The number of amides is 1. The second kappa shape index (κ2) is 7.97. The number of Topliss-reactive ketones (excluding diaryl/α,β-unsaturated/α-hetero) is 1. The molecule has 1 aliphatic carbocycles. The van der Waals surface area contributed by atoms with Crippen LogP contribution in [0.25, 0.3) is 0 Å². The number of aryl methyl sites for hydroxylation is 1. The van der Waals surface area contributed by atoms with E-state index >= 15 is 0 Å². The number of aromatic nitrogens is 1. The highest BCUT2D eigenvalue weighted by molar-refractivity contribution is 6.30. The summed E-state index contributed by atoms with van der Waals surface area (Å²) in [6.45, 7) is 8.02. The predicted octanol–water partition coefficient (Wildman–Crippen LogP) is 5.29. The molecule has 2 aliphatic rings. The number of hydrogen-bond acceptors (Lipinski definition) is 4. The summed E-state index contributed by atoms with van der Waals surface area (Å²) in [5.74, 6) is -0.171. The van der Waals surface area contributed by atoms with E-state index in [0.717, 1.165) is 28.9 Å². The number of benzene rings is 1. The fourth-order valence-electron chi connectivity index (χ4n) is 4.51. The number of halogens is 1. The van der Waals surface area contributed by atoms with Crippen LogP contribution in [0.3, 0.4) is 0 Å². The molecule has 1 aromatic heterocycles. The van der Waals surface area contributed by atoms with Crippen LogP contribution in [0.4, 0.5) is 5.82 Å². The molecule has 0 saturated carbocycles. The van der Waals surface area contributed by atoms with Crippen molar-refractivity contribution >= 4 is 29.1 Å². The molecule has 1 aromatic carbocycles. The summed E-state index contributed by atoms with van der Waals surface area (Å²) in [4.78, 5) is 31.0. The average Bonchev–Trinajstić information content (AvgIpc) is 2.66. The Labute approximate surface area is 187 Å². The van der Waals surface area contributed by atoms with Crippen LogP contribution < -0.4 is 10.6 Å². The van der Waals surface area contributed by atoms with Crippen LogP contribution in [0, 0.1) is 12.3 Å². The SMILES string of the molecule is CC1=C(C(=O)Nc2cc(C)ccn2)[C@@H](c2ccc(Cl)cc2)C2=C(CC(C)(C)CC2=O)N1. The third kappa shape index (κ3) is 4.28. The van der Waals surface area contributed by atoms with Crippen molar-refractivity contribution in [1.29, 1.82) is 0 Å².